The van der Waals surface area contributed by atoms with Crippen molar-refractivity contribution in [3.05, 3.63) is 63.5 Å². The molecule has 0 heterocycles. The van der Waals surface area contributed by atoms with E-state index in [1.807, 2.05) is 32.0 Å². The van der Waals surface area contributed by atoms with E-state index < -0.39 is 5.97 Å². The molecule has 0 saturated carbocycles. The Balaban J connectivity index is 2.43. The van der Waals surface area contributed by atoms with Crippen LogP contribution in [-0.4, -0.2) is 11.1 Å². The van der Waals surface area contributed by atoms with Gasteiger partial charge in [0.25, 0.3) is 0 Å². The highest BCUT2D eigenvalue weighted by Gasteiger charge is 2.11. The van der Waals surface area contributed by atoms with Gasteiger partial charge in [-0.25, -0.2) is 4.79 Å². The second kappa shape index (κ2) is 5.98. The Labute approximate surface area is 121 Å². The normalized spacial score (nSPS) is 9.81. The summed E-state index contributed by atoms with van der Waals surface area (Å²) in [5, 5.41) is 15.8. The number of hydrogen-bond donors (Lipinski definition) is 2. The third kappa shape index (κ3) is 3.52. The van der Waals surface area contributed by atoms with E-state index in [4.69, 9.17) is 5.53 Å². The standard InChI is InChI=1S/C15H14N4O2/c1-9-5-10(2)7-12(6-9)17-14-4-3-11(18-19-16)8-13(14)15(20)21/h3-8,17H,1-2H3,(H,20,21). The fourth-order valence-corrected chi connectivity index (χ4v) is 2.13. The first-order valence-corrected chi connectivity index (χ1v) is 6.27. The minimum Gasteiger partial charge on any atom is -0.478 e. The van der Waals surface area contributed by atoms with E-state index in [2.05, 4.69) is 15.3 Å². The number of aromatic carboxylic acids is 1. The molecule has 0 spiro atoms. The zero-order valence-corrected chi connectivity index (χ0v) is 11.7. The summed E-state index contributed by atoms with van der Waals surface area (Å²) >= 11 is 0. The van der Waals surface area contributed by atoms with Crippen LogP contribution in [0, 0.1) is 13.8 Å². The molecule has 21 heavy (non-hydrogen) atoms. The summed E-state index contributed by atoms with van der Waals surface area (Å²) in [6.07, 6.45) is 0. The van der Waals surface area contributed by atoms with Crippen LogP contribution in [0.3, 0.4) is 0 Å². The number of aryl methyl sites for hydroxylation is 2. The van der Waals surface area contributed by atoms with Crippen molar-refractivity contribution in [1.82, 2.24) is 0 Å². The molecule has 0 atom stereocenters. The number of rotatable bonds is 4. The van der Waals surface area contributed by atoms with Gasteiger partial charge < -0.3 is 10.4 Å². The number of hydrogen-bond acceptors (Lipinski definition) is 3. The Morgan fingerprint density at radius 1 is 1.19 bits per heavy atom. The summed E-state index contributed by atoms with van der Waals surface area (Å²) in [4.78, 5) is 14.0. The predicted molar refractivity (Wildman–Crippen MR) is 81.4 cm³/mol. The molecule has 2 N–H and O–H groups in total. The van der Waals surface area contributed by atoms with Gasteiger partial charge in [0.15, 0.2) is 0 Å². The van der Waals surface area contributed by atoms with Crippen LogP contribution in [0.5, 0.6) is 0 Å². The second-order valence-corrected chi connectivity index (χ2v) is 4.73. The first-order valence-electron chi connectivity index (χ1n) is 6.27. The Kier molecular flexibility index (Phi) is 4.11. The van der Waals surface area contributed by atoms with Crippen molar-refractivity contribution < 1.29 is 9.90 Å². The van der Waals surface area contributed by atoms with Gasteiger partial charge >= 0.3 is 5.97 Å². The van der Waals surface area contributed by atoms with Crippen LogP contribution in [0.15, 0.2) is 41.5 Å². The van der Waals surface area contributed by atoms with E-state index in [1.54, 1.807) is 12.1 Å². The van der Waals surface area contributed by atoms with Crippen LogP contribution in [0.1, 0.15) is 21.5 Å². The van der Waals surface area contributed by atoms with Crippen molar-refractivity contribution in [2.24, 2.45) is 5.11 Å². The van der Waals surface area contributed by atoms with Gasteiger partial charge in [0.2, 0.25) is 0 Å². The molecular weight excluding hydrogens is 268 g/mol. The monoisotopic (exact) mass is 282 g/mol. The van der Waals surface area contributed by atoms with Crippen LogP contribution in [0.25, 0.3) is 10.4 Å². The molecule has 0 bridgehead atoms. The number of azide groups is 1. The molecule has 6 heteroatoms. The van der Waals surface area contributed by atoms with Gasteiger partial charge in [-0.2, -0.15) is 0 Å². The zero-order chi connectivity index (χ0) is 15.4. The molecule has 0 aliphatic heterocycles. The van der Waals surface area contributed by atoms with Gasteiger partial charge in [-0.05, 0) is 54.8 Å². The minimum absolute atomic E-state index is 0.0547. The molecule has 0 aromatic heterocycles. The van der Waals surface area contributed by atoms with E-state index in [9.17, 15) is 9.90 Å². The number of carbonyl (C=O) groups is 1. The van der Waals surface area contributed by atoms with Crippen LogP contribution in [-0.2, 0) is 0 Å². The van der Waals surface area contributed by atoms with E-state index in [0.29, 0.717) is 5.69 Å². The lowest BCUT2D eigenvalue weighted by Crippen LogP contribution is -2.02. The highest BCUT2D eigenvalue weighted by Crippen LogP contribution is 2.26. The van der Waals surface area contributed by atoms with Gasteiger partial charge in [-0.3, -0.25) is 0 Å². The first kappa shape index (κ1) is 14.4. The fourth-order valence-electron chi connectivity index (χ4n) is 2.13. The molecule has 2 rings (SSSR count). The molecule has 106 valence electrons. The molecule has 0 unspecified atom stereocenters. The van der Waals surface area contributed by atoms with Crippen molar-refractivity contribution in [2.45, 2.75) is 13.8 Å². The third-order valence-corrected chi connectivity index (χ3v) is 2.89. The number of benzene rings is 2. The molecule has 2 aromatic carbocycles. The maximum Gasteiger partial charge on any atom is 0.337 e. The summed E-state index contributed by atoms with van der Waals surface area (Å²) in [7, 11) is 0. The van der Waals surface area contributed by atoms with E-state index in [1.165, 1.54) is 6.07 Å². The first-order chi connectivity index (χ1) is 9.99. The molecule has 0 saturated heterocycles. The second-order valence-electron chi connectivity index (χ2n) is 4.73. The molecule has 2 aromatic rings. The van der Waals surface area contributed by atoms with E-state index in [0.717, 1.165) is 16.8 Å². The Morgan fingerprint density at radius 2 is 1.86 bits per heavy atom. The molecule has 0 aliphatic rings. The lowest BCUT2D eigenvalue weighted by Gasteiger charge is -2.11. The van der Waals surface area contributed by atoms with Gasteiger partial charge in [0.05, 0.1) is 11.3 Å². The minimum atomic E-state index is -1.09. The SMILES string of the molecule is Cc1cc(C)cc(Nc2ccc(N=[N+]=[N-])cc2C(=O)O)c1. The lowest BCUT2D eigenvalue weighted by atomic mass is 10.1. The highest BCUT2D eigenvalue weighted by atomic mass is 16.4. The van der Waals surface area contributed by atoms with Crippen LogP contribution in [0.2, 0.25) is 0 Å². The molecule has 0 amide bonds. The smallest absolute Gasteiger partial charge is 0.337 e. The van der Waals surface area contributed by atoms with Crippen LogP contribution in [0.4, 0.5) is 17.1 Å². The molecule has 0 aliphatic carbocycles. The van der Waals surface area contributed by atoms with Crippen molar-refractivity contribution in [1.29, 1.82) is 0 Å². The van der Waals surface area contributed by atoms with Crippen LogP contribution < -0.4 is 5.32 Å². The van der Waals surface area contributed by atoms with Crippen LogP contribution >= 0.6 is 0 Å². The topological polar surface area (TPSA) is 98.1 Å². The molecule has 6 nitrogen and oxygen atoms in total. The largest absolute Gasteiger partial charge is 0.478 e. The van der Waals surface area contributed by atoms with Crippen molar-refractivity contribution >= 4 is 23.0 Å². The maximum absolute atomic E-state index is 11.3. The van der Waals surface area contributed by atoms with E-state index >= 15 is 0 Å². The number of carboxylic acid groups (broad SMARTS) is 1. The Bertz CT molecular complexity index is 729. The van der Waals surface area contributed by atoms with Gasteiger partial charge in [-0.1, -0.05) is 17.2 Å². The number of anilines is 2. The Morgan fingerprint density at radius 3 is 2.43 bits per heavy atom. The fraction of sp³-hybridized carbons (Fsp3) is 0.133. The Hall–Kier alpha value is -2.98. The molecular formula is C15H14N4O2. The summed E-state index contributed by atoms with van der Waals surface area (Å²) in [5.41, 5.74) is 12.2. The molecule has 0 radical (unpaired) electrons. The number of carboxylic acids is 1. The van der Waals surface area contributed by atoms with E-state index in [-0.39, 0.29) is 11.3 Å². The summed E-state index contributed by atoms with van der Waals surface area (Å²) in [6.45, 7) is 3.95. The molecule has 0 fully saturated rings. The average molecular weight is 282 g/mol. The van der Waals surface area contributed by atoms with Crippen molar-refractivity contribution in [3.8, 4) is 0 Å². The average Bonchev–Trinajstić information content (AvgIpc) is 2.39. The predicted octanol–water partition coefficient (Wildman–Crippen LogP) is 4.69. The van der Waals surface area contributed by atoms with Crippen molar-refractivity contribution in [3.63, 3.8) is 0 Å². The lowest BCUT2D eigenvalue weighted by molar-refractivity contribution is 0.0698. The van der Waals surface area contributed by atoms with Gasteiger partial charge in [-0.15, -0.1) is 0 Å². The number of nitrogens with zero attached hydrogens (tertiary/aromatic N) is 3. The van der Waals surface area contributed by atoms with Gasteiger partial charge in [0.1, 0.15) is 0 Å². The maximum atomic E-state index is 11.3. The quantitative estimate of drug-likeness (QED) is 0.483. The van der Waals surface area contributed by atoms with Crippen molar-refractivity contribution in [2.75, 3.05) is 5.32 Å². The number of nitrogens with one attached hydrogen (secondary N) is 1. The van der Waals surface area contributed by atoms with Gasteiger partial charge in [0, 0.05) is 16.3 Å². The summed E-state index contributed by atoms with van der Waals surface area (Å²) in [6, 6.07) is 10.4. The zero-order valence-electron chi connectivity index (χ0n) is 11.7. The summed E-state index contributed by atoms with van der Waals surface area (Å²) in [5.74, 6) is -1.09. The summed E-state index contributed by atoms with van der Waals surface area (Å²) < 4.78 is 0. The highest BCUT2D eigenvalue weighted by molar-refractivity contribution is 5.96. The third-order valence-electron chi connectivity index (χ3n) is 2.89.